The minimum atomic E-state index is 0.102. The molecule has 1 fully saturated rings. The van der Waals surface area contributed by atoms with Crippen LogP contribution in [0, 0.1) is 5.92 Å². The molecular weight excluding hydrogens is 388 g/mol. The zero-order chi connectivity index (χ0) is 21.5. The summed E-state index contributed by atoms with van der Waals surface area (Å²) in [6, 6.07) is 24.8. The molecule has 0 aromatic heterocycles. The number of carbonyl (C=O) groups is 1. The van der Waals surface area contributed by atoms with Crippen LogP contribution in [0.1, 0.15) is 24.8 Å². The summed E-state index contributed by atoms with van der Waals surface area (Å²) in [7, 11) is 0. The number of guanidine groups is 1. The first-order valence-corrected chi connectivity index (χ1v) is 10.5. The van der Waals surface area contributed by atoms with Crippen molar-refractivity contribution in [2.45, 2.75) is 25.8 Å². The Morgan fingerprint density at radius 1 is 0.903 bits per heavy atom. The summed E-state index contributed by atoms with van der Waals surface area (Å²) < 4.78 is 5.85. The van der Waals surface area contributed by atoms with Gasteiger partial charge in [0.1, 0.15) is 11.5 Å². The largest absolute Gasteiger partial charge is 0.457 e. The molecule has 3 aromatic rings. The molecule has 1 aliphatic rings. The maximum atomic E-state index is 12.1. The normalized spacial score (nSPS) is 13.9. The van der Waals surface area contributed by atoms with Gasteiger partial charge in [-0.3, -0.25) is 4.79 Å². The van der Waals surface area contributed by atoms with Crippen LogP contribution in [0.5, 0.6) is 11.5 Å². The van der Waals surface area contributed by atoms with Crippen molar-refractivity contribution in [3.05, 3.63) is 84.4 Å². The van der Waals surface area contributed by atoms with Gasteiger partial charge < -0.3 is 21.1 Å². The van der Waals surface area contributed by atoms with E-state index in [9.17, 15) is 4.79 Å². The zero-order valence-electron chi connectivity index (χ0n) is 17.3. The summed E-state index contributed by atoms with van der Waals surface area (Å²) in [6.07, 6.45) is 3.10. The van der Waals surface area contributed by atoms with Gasteiger partial charge >= 0.3 is 0 Å². The predicted octanol–water partition coefficient (Wildman–Crippen LogP) is 5.14. The van der Waals surface area contributed by atoms with Crippen LogP contribution in [-0.4, -0.2) is 11.9 Å². The Labute approximate surface area is 182 Å². The Balaban J connectivity index is 1.34. The second-order valence-electron chi connectivity index (χ2n) is 7.59. The molecule has 0 saturated heterocycles. The predicted molar refractivity (Wildman–Crippen MR) is 124 cm³/mol. The Hall–Kier alpha value is -3.80. The number of para-hydroxylation sites is 1. The van der Waals surface area contributed by atoms with Crippen molar-refractivity contribution in [3.8, 4) is 11.5 Å². The van der Waals surface area contributed by atoms with E-state index in [1.54, 1.807) is 0 Å². The third-order valence-corrected chi connectivity index (χ3v) is 5.19. The Kier molecular flexibility index (Phi) is 6.47. The van der Waals surface area contributed by atoms with Crippen molar-refractivity contribution in [2.75, 3.05) is 10.6 Å². The van der Waals surface area contributed by atoms with E-state index in [0.717, 1.165) is 42.0 Å². The first-order valence-electron chi connectivity index (χ1n) is 10.5. The van der Waals surface area contributed by atoms with Gasteiger partial charge in [0, 0.05) is 23.4 Å². The number of aliphatic imine (C=N–C) groups is 1. The van der Waals surface area contributed by atoms with E-state index in [2.05, 4.69) is 15.6 Å². The molecule has 1 saturated carbocycles. The Morgan fingerprint density at radius 3 is 2.35 bits per heavy atom. The summed E-state index contributed by atoms with van der Waals surface area (Å²) in [4.78, 5) is 16.6. The summed E-state index contributed by atoms with van der Waals surface area (Å²) in [6.45, 7) is 0.409. The molecule has 1 amide bonds. The van der Waals surface area contributed by atoms with Crippen LogP contribution in [0.3, 0.4) is 0 Å². The number of hydrogen-bond acceptors (Lipinski definition) is 3. The molecule has 0 unspecified atom stereocenters. The molecule has 0 bridgehead atoms. The minimum Gasteiger partial charge on any atom is -0.457 e. The number of hydrogen-bond donors (Lipinski definition) is 3. The van der Waals surface area contributed by atoms with Gasteiger partial charge in [-0.15, -0.1) is 0 Å². The zero-order valence-corrected chi connectivity index (χ0v) is 17.3. The lowest BCUT2D eigenvalue weighted by Crippen LogP contribution is -2.28. The highest BCUT2D eigenvalue weighted by atomic mass is 16.5. The third kappa shape index (κ3) is 5.85. The molecule has 158 valence electrons. The lowest BCUT2D eigenvalue weighted by molar-refractivity contribution is -0.122. The summed E-state index contributed by atoms with van der Waals surface area (Å²) in [5.41, 5.74) is 8.62. The quantitative estimate of drug-likeness (QED) is 0.369. The van der Waals surface area contributed by atoms with Crippen molar-refractivity contribution in [1.29, 1.82) is 0 Å². The summed E-state index contributed by atoms with van der Waals surface area (Å²) in [5, 5.41) is 6.08. The number of ether oxygens (including phenoxy) is 1. The first kappa shape index (κ1) is 20.5. The first-order chi connectivity index (χ1) is 15.2. The number of nitrogens with one attached hydrogen (secondary N) is 2. The van der Waals surface area contributed by atoms with E-state index in [4.69, 9.17) is 10.5 Å². The number of nitrogens with zero attached hydrogens (tertiary/aromatic N) is 1. The number of carbonyl (C=O) groups excluding carboxylic acids is 1. The van der Waals surface area contributed by atoms with Crippen LogP contribution in [0.4, 0.5) is 11.4 Å². The van der Waals surface area contributed by atoms with Crippen LogP contribution < -0.4 is 21.1 Å². The number of benzene rings is 3. The van der Waals surface area contributed by atoms with Crippen molar-refractivity contribution in [2.24, 2.45) is 16.6 Å². The fraction of sp³-hybridized carbons (Fsp3) is 0.200. The Morgan fingerprint density at radius 2 is 1.61 bits per heavy atom. The van der Waals surface area contributed by atoms with Crippen molar-refractivity contribution >= 4 is 23.2 Å². The molecule has 0 heterocycles. The van der Waals surface area contributed by atoms with Gasteiger partial charge in [-0.05, 0) is 54.8 Å². The highest BCUT2D eigenvalue weighted by molar-refractivity contribution is 5.93. The van der Waals surface area contributed by atoms with E-state index in [0.29, 0.717) is 18.3 Å². The molecule has 4 rings (SSSR count). The maximum absolute atomic E-state index is 12.1. The molecule has 0 aliphatic heterocycles. The van der Waals surface area contributed by atoms with Crippen LogP contribution in [0.15, 0.2) is 83.9 Å². The minimum absolute atomic E-state index is 0.102. The molecule has 3 aromatic carbocycles. The van der Waals surface area contributed by atoms with E-state index in [-0.39, 0.29) is 11.8 Å². The van der Waals surface area contributed by atoms with E-state index in [1.165, 1.54) is 0 Å². The molecule has 6 nitrogen and oxygen atoms in total. The number of rotatable bonds is 7. The molecule has 31 heavy (non-hydrogen) atoms. The van der Waals surface area contributed by atoms with Gasteiger partial charge in [-0.25, -0.2) is 4.99 Å². The van der Waals surface area contributed by atoms with Gasteiger partial charge in [-0.2, -0.15) is 0 Å². The molecular formula is C25H26N4O2. The molecule has 1 aliphatic carbocycles. The van der Waals surface area contributed by atoms with Crippen molar-refractivity contribution in [3.63, 3.8) is 0 Å². The van der Waals surface area contributed by atoms with Gasteiger partial charge in [0.15, 0.2) is 5.96 Å². The number of anilines is 2. The van der Waals surface area contributed by atoms with Gasteiger partial charge in [0.25, 0.3) is 0 Å². The lowest BCUT2D eigenvalue weighted by atomic mass is 9.85. The second kappa shape index (κ2) is 9.80. The van der Waals surface area contributed by atoms with Crippen LogP contribution >= 0.6 is 0 Å². The highest BCUT2D eigenvalue weighted by Gasteiger charge is 2.25. The van der Waals surface area contributed by atoms with Crippen LogP contribution in [0.25, 0.3) is 0 Å². The Bertz CT molecular complexity index is 1060. The van der Waals surface area contributed by atoms with Crippen molar-refractivity contribution in [1.82, 2.24) is 0 Å². The summed E-state index contributed by atoms with van der Waals surface area (Å²) >= 11 is 0. The molecule has 0 spiro atoms. The molecule has 4 N–H and O–H groups in total. The standard InChI is InChI=1S/C25H26N4O2/c26-25(29-21-11-6-14-23(16-21)31-22-12-2-1-3-13-22)27-17-18-7-4-10-20(15-18)28-24(30)19-8-5-9-19/h1-4,6-7,10-16,19H,5,8-9,17H2,(H,28,30)(H3,26,27,29). The van der Waals surface area contributed by atoms with Crippen LogP contribution in [-0.2, 0) is 11.3 Å². The second-order valence-corrected chi connectivity index (χ2v) is 7.59. The highest BCUT2D eigenvalue weighted by Crippen LogP contribution is 2.28. The monoisotopic (exact) mass is 414 g/mol. The SMILES string of the molecule is NC(=NCc1cccc(NC(=O)C2CCC2)c1)Nc1cccc(Oc2ccccc2)c1. The molecule has 0 atom stereocenters. The number of amides is 1. The number of nitrogens with two attached hydrogens (primary N) is 1. The van der Waals surface area contributed by atoms with E-state index >= 15 is 0 Å². The van der Waals surface area contributed by atoms with Gasteiger partial charge in [0.05, 0.1) is 6.54 Å². The average Bonchev–Trinajstić information content (AvgIpc) is 2.72. The fourth-order valence-corrected chi connectivity index (χ4v) is 3.29. The van der Waals surface area contributed by atoms with E-state index < -0.39 is 0 Å². The molecule has 0 radical (unpaired) electrons. The maximum Gasteiger partial charge on any atom is 0.227 e. The molecule has 6 heteroatoms. The smallest absolute Gasteiger partial charge is 0.227 e. The van der Waals surface area contributed by atoms with Gasteiger partial charge in [-0.1, -0.05) is 42.8 Å². The lowest BCUT2D eigenvalue weighted by Gasteiger charge is -2.24. The van der Waals surface area contributed by atoms with Gasteiger partial charge in [0.2, 0.25) is 5.91 Å². The fourth-order valence-electron chi connectivity index (χ4n) is 3.29. The third-order valence-electron chi connectivity index (χ3n) is 5.19. The topological polar surface area (TPSA) is 88.7 Å². The average molecular weight is 415 g/mol. The van der Waals surface area contributed by atoms with Crippen molar-refractivity contribution < 1.29 is 9.53 Å². The van der Waals surface area contributed by atoms with E-state index in [1.807, 2.05) is 78.9 Å². The van der Waals surface area contributed by atoms with Crippen LogP contribution in [0.2, 0.25) is 0 Å². The summed E-state index contributed by atoms with van der Waals surface area (Å²) in [5.74, 6) is 2.04.